The molecule has 2 heterocycles. The summed E-state index contributed by atoms with van der Waals surface area (Å²) in [6, 6.07) is 37.4. The molecule has 0 radical (unpaired) electrons. The van der Waals surface area contributed by atoms with Crippen LogP contribution in [0.15, 0.2) is 134 Å². The molecule has 190 valence electrons. The molecule has 0 spiro atoms. The minimum atomic E-state index is 0.387. The molecule has 0 bridgehead atoms. The molecule has 0 aliphatic heterocycles. The summed E-state index contributed by atoms with van der Waals surface area (Å²) < 4.78 is 5.40. The van der Waals surface area contributed by atoms with E-state index in [4.69, 9.17) is 15.9 Å². The monoisotopic (exact) mass is 637 g/mol. The summed E-state index contributed by atoms with van der Waals surface area (Å²) in [5.74, 6) is 0.948. The van der Waals surface area contributed by atoms with Gasteiger partial charge in [-0.05, 0) is 48.5 Å². The first-order chi connectivity index (χ1) is 19.1. The molecular formula is C30H21Br2N7. The zero-order valence-electron chi connectivity index (χ0n) is 20.5. The van der Waals surface area contributed by atoms with Gasteiger partial charge in [0.25, 0.3) is 0 Å². The minimum absolute atomic E-state index is 0.387. The summed E-state index contributed by atoms with van der Waals surface area (Å²) in [5.41, 5.74) is 12.1. The first kappa shape index (κ1) is 25.0. The number of halogens is 2. The lowest BCUT2D eigenvalue weighted by atomic mass is 10.1. The van der Waals surface area contributed by atoms with Crippen molar-refractivity contribution in [2.24, 2.45) is 10.2 Å². The average molecular weight is 639 g/mol. The van der Waals surface area contributed by atoms with E-state index in [1.165, 1.54) is 0 Å². The number of nitrogen functional groups attached to an aromatic ring is 1. The van der Waals surface area contributed by atoms with Crippen molar-refractivity contribution in [3.05, 3.63) is 124 Å². The van der Waals surface area contributed by atoms with Crippen LogP contribution in [0.5, 0.6) is 0 Å². The number of aromatic nitrogens is 4. The third-order valence-corrected chi connectivity index (χ3v) is 7.15. The molecule has 9 heteroatoms. The van der Waals surface area contributed by atoms with Crippen molar-refractivity contribution in [2.75, 3.05) is 5.73 Å². The predicted molar refractivity (Wildman–Crippen MR) is 162 cm³/mol. The van der Waals surface area contributed by atoms with Crippen LogP contribution < -0.4 is 5.73 Å². The number of hydrogen-bond acceptors (Lipinski definition) is 5. The Balaban J connectivity index is 1.49. The summed E-state index contributed by atoms with van der Waals surface area (Å²) in [4.78, 5) is 0. The van der Waals surface area contributed by atoms with Gasteiger partial charge in [0.1, 0.15) is 5.69 Å². The number of hydrogen-bond donors (Lipinski definition) is 1. The second-order valence-corrected chi connectivity index (χ2v) is 10.5. The van der Waals surface area contributed by atoms with Crippen LogP contribution >= 0.6 is 31.9 Å². The van der Waals surface area contributed by atoms with Crippen molar-refractivity contribution in [2.45, 2.75) is 0 Å². The van der Waals surface area contributed by atoms with Gasteiger partial charge in [-0.3, -0.25) is 0 Å². The second kappa shape index (κ2) is 10.8. The normalized spacial score (nSPS) is 11.3. The molecule has 0 unspecified atom stereocenters. The van der Waals surface area contributed by atoms with Gasteiger partial charge in [-0.2, -0.15) is 10.2 Å². The van der Waals surface area contributed by atoms with E-state index in [0.29, 0.717) is 23.0 Å². The topological polar surface area (TPSA) is 86.4 Å². The van der Waals surface area contributed by atoms with E-state index >= 15 is 0 Å². The maximum Gasteiger partial charge on any atom is 0.178 e. The van der Waals surface area contributed by atoms with E-state index in [1.807, 2.05) is 115 Å². The highest BCUT2D eigenvalue weighted by Gasteiger charge is 2.19. The van der Waals surface area contributed by atoms with Gasteiger partial charge in [0.05, 0.1) is 17.1 Å². The van der Waals surface area contributed by atoms with Crippen molar-refractivity contribution in [1.82, 2.24) is 19.6 Å². The van der Waals surface area contributed by atoms with E-state index in [2.05, 4.69) is 42.1 Å². The lowest BCUT2D eigenvalue weighted by Crippen LogP contribution is -2.01. The summed E-state index contributed by atoms with van der Waals surface area (Å²) in [7, 11) is 0. The molecular weight excluding hydrogens is 618 g/mol. The van der Waals surface area contributed by atoms with Crippen LogP contribution in [0, 0.1) is 0 Å². The maximum atomic E-state index is 6.65. The first-order valence-electron chi connectivity index (χ1n) is 12.1. The summed E-state index contributed by atoms with van der Waals surface area (Å²) in [6.07, 6.45) is 0. The Bertz CT molecular complexity index is 1760. The fourth-order valence-corrected chi connectivity index (χ4v) is 4.69. The third-order valence-electron chi connectivity index (χ3n) is 6.10. The van der Waals surface area contributed by atoms with Crippen molar-refractivity contribution >= 4 is 49.2 Å². The zero-order valence-corrected chi connectivity index (χ0v) is 23.7. The lowest BCUT2D eigenvalue weighted by molar-refractivity contribution is 0.873. The predicted octanol–water partition coefficient (Wildman–Crippen LogP) is 8.91. The molecule has 2 N–H and O–H groups in total. The number of azo groups is 1. The van der Waals surface area contributed by atoms with Gasteiger partial charge in [-0.15, -0.1) is 10.2 Å². The molecule has 0 fully saturated rings. The fraction of sp³-hybridized carbons (Fsp3) is 0. The maximum absolute atomic E-state index is 6.65. The van der Waals surface area contributed by atoms with Crippen LogP contribution in [0.2, 0.25) is 0 Å². The van der Waals surface area contributed by atoms with Gasteiger partial charge >= 0.3 is 0 Å². The van der Waals surface area contributed by atoms with Crippen LogP contribution in [0.4, 0.5) is 17.3 Å². The van der Waals surface area contributed by atoms with Crippen LogP contribution in [0.3, 0.4) is 0 Å². The lowest BCUT2D eigenvalue weighted by Gasteiger charge is -2.04. The Kier molecular flexibility index (Phi) is 6.91. The van der Waals surface area contributed by atoms with E-state index in [9.17, 15) is 0 Å². The van der Waals surface area contributed by atoms with E-state index in [1.54, 1.807) is 9.36 Å². The second-order valence-electron chi connectivity index (χ2n) is 8.68. The van der Waals surface area contributed by atoms with Gasteiger partial charge in [-0.25, -0.2) is 9.36 Å². The van der Waals surface area contributed by atoms with Crippen molar-refractivity contribution < 1.29 is 0 Å². The highest BCUT2D eigenvalue weighted by Crippen LogP contribution is 2.38. The molecule has 4 aromatic carbocycles. The van der Waals surface area contributed by atoms with Crippen LogP contribution in [0.1, 0.15) is 0 Å². The van der Waals surface area contributed by atoms with Crippen LogP contribution in [0.25, 0.3) is 33.9 Å². The number of nitrogens with two attached hydrogens (primary N) is 1. The van der Waals surface area contributed by atoms with Gasteiger partial charge < -0.3 is 5.73 Å². The van der Waals surface area contributed by atoms with E-state index in [-0.39, 0.29) is 0 Å². The fourth-order valence-electron chi connectivity index (χ4n) is 4.16. The Hall–Kier alpha value is -4.34. The standard InChI is InChI=1S/C30H21Br2N7/c31-22-11-15-24(16-12-22)38-27(19-26(36-38)20-7-3-1-4-8-20)34-35-29-28(21-9-5-2-6-10-21)37-39(30(29)33)25-17-13-23(32)14-18-25/h1-19H,33H2. The van der Waals surface area contributed by atoms with Crippen LogP contribution in [-0.4, -0.2) is 19.6 Å². The van der Waals surface area contributed by atoms with Gasteiger partial charge in [0.15, 0.2) is 17.3 Å². The van der Waals surface area contributed by atoms with Gasteiger partial charge in [0, 0.05) is 26.1 Å². The molecule has 39 heavy (non-hydrogen) atoms. The highest BCUT2D eigenvalue weighted by molar-refractivity contribution is 9.10. The Labute approximate surface area is 241 Å². The SMILES string of the molecule is Nc1c(N=Nc2cc(-c3ccccc3)nn2-c2ccc(Br)cc2)c(-c2ccccc2)nn1-c1ccc(Br)cc1. The van der Waals surface area contributed by atoms with Gasteiger partial charge in [0.2, 0.25) is 0 Å². The smallest absolute Gasteiger partial charge is 0.178 e. The molecule has 0 saturated heterocycles. The molecule has 6 aromatic rings. The Morgan fingerprint density at radius 2 is 1.13 bits per heavy atom. The summed E-state index contributed by atoms with van der Waals surface area (Å²) in [6.45, 7) is 0. The van der Waals surface area contributed by atoms with Crippen LogP contribution in [-0.2, 0) is 0 Å². The highest BCUT2D eigenvalue weighted by atomic mass is 79.9. The Morgan fingerprint density at radius 3 is 1.72 bits per heavy atom. The molecule has 0 saturated carbocycles. The molecule has 0 aliphatic rings. The number of benzene rings is 4. The van der Waals surface area contributed by atoms with Crippen molar-refractivity contribution in [3.63, 3.8) is 0 Å². The van der Waals surface area contributed by atoms with E-state index in [0.717, 1.165) is 37.1 Å². The Morgan fingerprint density at radius 1 is 0.590 bits per heavy atom. The molecule has 6 rings (SSSR count). The molecule has 0 amide bonds. The molecule has 0 aliphatic carbocycles. The largest absolute Gasteiger partial charge is 0.382 e. The zero-order chi connectivity index (χ0) is 26.8. The average Bonchev–Trinajstić information content (AvgIpc) is 3.55. The molecule has 0 atom stereocenters. The van der Waals surface area contributed by atoms with Crippen molar-refractivity contribution in [3.8, 4) is 33.9 Å². The quantitative estimate of drug-likeness (QED) is 0.185. The van der Waals surface area contributed by atoms with E-state index < -0.39 is 0 Å². The molecule has 2 aromatic heterocycles. The third kappa shape index (κ3) is 5.19. The van der Waals surface area contributed by atoms with Gasteiger partial charge in [-0.1, -0.05) is 92.5 Å². The number of anilines is 1. The minimum Gasteiger partial charge on any atom is -0.382 e. The number of nitrogens with zero attached hydrogens (tertiary/aromatic N) is 6. The molecule has 7 nitrogen and oxygen atoms in total. The number of rotatable bonds is 6. The first-order valence-corrected chi connectivity index (χ1v) is 13.7. The van der Waals surface area contributed by atoms with Crippen molar-refractivity contribution in [1.29, 1.82) is 0 Å². The summed E-state index contributed by atoms with van der Waals surface area (Å²) in [5, 5.41) is 19.0. The summed E-state index contributed by atoms with van der Waals surface area (Å²) >= 11 is 6.99.